The molecule has 2 rings (SSSR count). The SMILES string of the molecule is CC[N+](C)(C1CCCCC1)C1CCCCC1. The fraction of sp³-hybridized carbons (Fsp3) is 1.00. The summed E-state index contributed by atoms with van der Waals surface area (Å²) in [4.78, 5) is 0. The van der Waals surface area contributed by atoms with Crippen LogP contribution in [0.4, 0.5) is 0 Å². The normalized spacial score (nSPS) is 25.9. The van der Waals surface area contributed by atoms with Gasteiger partial charge in [0.25, 0.3) is 0 Å². The maximum absolute atomic E-state index is 2.56. The first kappa shape index (κ1) is 12.4. The van der Waals surface area contributed by atoms with Gasteiger partial charge in [0.1, 0.15) is 0 Å². The molecule has 16 heavy (non-hydrogen) atoms. The first-order valence-electron chi connectivity index (χ1n) is 7.62. The van der Waals surface area contributed by atoms with E-state index in [0.717, 1.165) is 12.1 Å². The Kier molecular flexibility index (Phi) is 4.29. The minimum atomic E-state index is 0.988. The van der Waals surface area contributed by atoms with Crippen LogP contribution in [0.25, 0.3) is 0 Å². The number of quaternary nitrogens is 1. The van der Waals surface area contributed by atoms with E-state index in [0.29, 0.717) is 0 Å². The predicted octanol–water partition coefficient (Wildman–Crippen LogP) is 4.12. The Morgan fingerprint density at radius 3 is 1.44 bits per heavy atom. The second-order valence-electron chi connectivity index (χ2n) is 6.25. The van der Waals surface area contributed by atoms with Crippen LogP contribution in [0.2, 0.25) is 0 Å². The van der Waals surface area contributed by atoms with Gasteiger partial charge in [-0.15, -0.1) is 0 Å². The molecule has 0 aromatic heterocycles. The summed E-state index contributed by atoms with van der Waals surface area (Å²) in [6.07, 6.45) is 15.0. The van der Waals surface area contributed by atoms with Crippen molar-refractivity contribution in [2.24, 2.45) is 0 Å². The van der Waals surface area contributed by atoms with Crippen LogP contribution in [0.15, 0.2) is 0 Å². The Bertz CT molecular complexity index is 181. The van der Waals surface area contributed by atoms with E-state index in [2.05, 4.69) is 14.0 Å². The summed E-state index contributed by atoms with van der Waals surface area (Å²) in [5.41, 5.74) is 0. The molecular formula is C15H30N+. The van der Waals surface area contributed by atoms with Gasteiger partial charge < -0.3 is 4.48 Å². The zero-order valence-electron chi connectivity index (χ0n) is 11.4. The van der Waals surface area contributed by atoms with Gasteiger partial charge in [-0.1, -0.05) is 12.8 Å². The zero-order valence-corrected chi connectivity index (χ0v) is 11.4. The first-order valence-corrected chi connectivity index (χ1v) is 7.62. The van der Waals surface area contributed by atoms with Crippen molar-refractivity contribution >= 4 is 0 Å². The molecule has 0 heterocycles. The highest BCUT2D eigenvalue weighted by Crippen LogP contribution is 2.34. The van der Waals surface area contributed by atoms with Crippen LogP contribution in [0.5, 0.6) is 0 Å². The average molecular weight is 224 g/mol. The molecular weight excluding hydrogens is 194 g/mol. The van der Waals surface area contributed by atoms with Crippen LogP contribution in [0.3, 0.4) is 0 Å². The first-order chi connectivity index (χ1) is 7.77. The molecule has 0 spiro atoms. The Morgan fingerprint density at radius 1 is 0.750 bits per heavy atom. The van der Waals surface area contributed by atoms with E-state index in [1.54, 1.807) is 0 Å². The highest BCUT2D eigenvalue weighted by molar-refractivity contribution is 4.73. The second-order valence-corrected chi connectivity index (χ2v) is 6.25. The van der Waals surface area contributed by atoms with E-state index in [9.17, 15) is 0 Å². The van der Waals surface area contributed by atoms with Gasteiger partial charge in [0.05, 0.1) is 25.7 Å². The van der Waals surface area contributed by atoms with Crippen molar-refractivity contribution in [2.75, 3.05) is 13.6 Å². The maximum Gasteiger partial charge on any atom is 0.0890 e. The molecule has 0 unspecified atom stereocenters. The minimum absolute atomic E-state index is 0.988. The van der Waals surface area contributed by atoms with Crippen molar-refractivity contribution in [1.82, 2.24) is 0 Å². The summed E-state index contributed by atoms with van der Waals surface area (Å²) in [7, 11) is 2.56. The van der Waals surface area contributed by atoms with E-state index in [-0.39, 0.29) is 0 Å². The highest BCUT2D eigenvalue weighted by atomic mass is 15.4. The molecule has 0 N–H and O–H groups in total. The van der Waals surface area contributed by atoms with Crippen molar-refractivity contribution in [3.63, 3.8) is 0 Å². The molecule has 1 heteroatoms. The lowest BCUT2D eigenvalue weighted by Gasteiger charge is -2.49. The highest BCUT2D eigenvalue weighted by Gasteiger charge is 2.39. The maximum atomic E-state index is 2.56. The monoisotopic (exact) mass is 224 g/mol. The van der Waals surface area contributed by atoms with Crippen LogP contribution >= 0.6 is 0 Å². The molecule has 0 bridgehead atoms. The Hall–Kier alpha value is -0.0400. The zero-order chi connectivity index (χ0) is 11.4. The fourth-order valence-corrected chi connectivity index (χ4v) is 4.16. The Morgan fingerprint density at radius 2 is 1.12 bits per heavy atom. The van der Waals surface area contributed by atoms with Gasteiger partial charge in [-0.3, -0.25) is 0 Å². The van der Waals surface area contributed by atoms with Gasteiger partial charge >= 0.3 is 0 Å². The van der Waals surface area contributed by atoms with Crippen molar-refractivity contribution in [2.45, 2.75) is 83.2 Å². The summed E-state index contributed by atoms with van der Waals surface area (Å²) >= 11 is 0. The summed E-state index contributed by atoms with van der Waals surface area (Å²) in [5.74, 6) is 0. The molecule has 0 saturated heterocycles. The van der Waals surface area contributed by atoms with E-state index in [1.807, 2.05) is 0 Å². The summed E-state index contributed by atoms with van der Waals surface area (Å²) in [5, 5.41) is 0. The molecule has 0 aromatic rings. The third kappa shape index (κ3) is 2.45. The van der Waals surface area contributed by atoms with Crippen LogP contribution in [-0.4, -0.2) is 30.2 Å². The molecule has 0 atom stereocenters. The van der Waals surface area contributed by atoms with Crippen LogP contribution < -0.4 is 0 Å². The fourth-order valence-electron chi connectivity index (χ4n) is 4.16. The quantitative estimate of drug-likeness (QED) is 0.633. The molecule has 0 amide bonds. The molecule has 94 valence electrons. The van der Waals surface area contributed by atoms with Gasteiger partial charge in [0.2, 0.25) is 0 Å². The van der Waals surface area contributed by atoms with Crippen LogP contribution in [-0.2, 0) is 0 Å². The van der Waals surface area contributed by atoms with Crippen LogP contribution in [0.1, 0.15) is 71.1 Å². The largest absolute Gasteiger partial charge is 0.321 e. The number of hydrogen-bond acceptors (Lipinski definition) is 0. The molecule has 2 aliphatic carbocycles. The van der Waals surface area contributed by atoms with Gasteiger partial charge in [0.15, 0.2) is 0 Å². The third-order valence-corrected chi connectivity index (χ3v) is 5.50. The molecule has 0 aromatic carbocycles. The standard InChI is InChI=1S/C15H30N/c1-3-16(2,14-10-6-4-7-11-14)15-12-8-5-9-13-15/h14-15H,3-13H2,1-2H3/q+1. The lowest BCUT2D eigenvalue weighted by Crippen LogP contribution is -2.59. The van der Waals surface area contributed by atoms with Gasteiger partial charge in [0, 0.05) is 0 Å². The van der Waals surface area contributed by atoms with Crippen molar-refractivity contribution < 1.29 is 4.48 Å². The minimum Gasteiger partial charge on any atom is -0.321 e. The molecule has 2 fully saturated rings. The second kappa shape index (κ2) is 5.53. The summed E-state index contributed by atoms with van der Waals surface area (Å²) < 4.78 is 1.40. The Labute approximate surface area is 102 Å². The van der Waals surface area contributed by atoms with Crippen molar-refractivity contribution in [3.05, 3.63) is 0 Å². The Balaban J connectivity index is 2.03. The van der Waals surface area contributed by atoms with Gasteiger partial charge in [-0.25, -0.2) is 0 Å². The molecule has 0 radical (unpaired) electrons. The van der Waals surface area contributed by atoms with Gasteiger partial charge in [-0.05, 0) is 58.3 Å². The van der Waals surface area contributed by atoms with Crippen molar-refractivity contribution in [1.29, 1.82) is 0 Å². The molecule has 2 aliphatic rings. The average Bonchev–Trinajstić information content (AvgIpc) is 2.40. The molecule has 0 aliphatic heterocycles. The van der Waals surface area contributed by atoms with E-state index in [1.165, 1.54) is 75.2 Å². The van der Waals surface area contributed by atoms with Gasteiger partial charge in [-0.2, -0.15) is 0 Å². The lowest BCUT2D eigenvalue weighted by molar-refractivity contribution is -0.957. The van der Waals surface area contributed by atoms with Crippen LogP contribution in [0, 0.1) is 0 Å². The topological polar surface area (TPSA) is 0 Å². The van der Waals surface area contributed by atoms with E-state index < -0.39 is 0 Å². The molecule has 2 saturated carbocycles. The summed E-state index contributed by atoms with van der Waals surface area (Å²) in [6.45, 7) is 3.78. The summed E-state index contributed by atoms with van der Waals surface area (Å²) in [6, 6.07) is 1.98. The number of hydrogen-bond donors (Lipinski definition) is 0. The lowest BCUT2D eigenvalue weighted by atomic mass is 9.86. The smallest absolute Gasteiger partial charge is 0.0890 e. The third-order valence-electron chi connectivity index (χ3n) is 5.50. The van der Waals surface area contributed by atoms with E-state index in [4.69, 9.17) is 0 Å². The predicted molar refractivity (Wildman–Crippen MR) is 70.5 cm³/mol. The number of rotatable bonds is 3. The molecule has 1 nitrogen and oxygen atoms in total. The van der Waals surface area contributed by atoms with Crippen molar-refractivity contribution in [3.8, 4) is 0 Å². The van der Waals surface area contributed by atoms with E-state index >= 15 is 0 Å². The number of nitrogens with zero attached hydrogens (tertiary/aromatic N) is 1.